The van der Waals surface area contributed by atoms with Crippen LogP contribution in [0.2, 0.25) is 0 Å². The first-order valence-corrected chi connectivity index (χ1v) is 14.7. The number of nitrogens with zero attached hydrogens (tertiary/aromatic N) is 1. The van der Waals surface area contributed by atoms with Crippen molar-refractivity contribution in [3.63, 3.8) is 0 Å². The Labute approximate surface area is 245 Å². The van der Waals surface area contributed by atoms with E-state index in [1.807, 2.05) is 27.7 Å². The van der Waals surface area contributed by atoms with Gasteiger partial charge in [-0.1, -0.05) is 64.5 Å². The Hall–Kier alpha value is -2.90. The summed E-state index contributed by atoms with van der Waals surface area (Å²) in [4.78, 5) is 0. The van der Waals surface area contributed by atoms with Gasteiger partial charge in [0.1, 0.15) is 0 Å². The molecule has 4 nitrogen and oxygen atoms in total. The number of rotatable bonds is 6. The SMILES string of the molecule is Cc1ccc(-c2ccc(-n3c4ccccc4c4cc(Br)ccc43)cc2)cc1CC(C)OB1OC(C)(C)C(C)(C)O1. The highest BCUT2D eigenvalue weighted by Crippen LogP contribution is 2.38. The molecule has 1 unspecified atom stereocenters. The molecule has 40 heavy (non-hydrogen) atoms. The van der Waals surface area contributed by atoms with Crippen LogP contribution >= 0.6 is 15.9 Å². The van der Waals surface area contributed by atoms with E-state index in [1.54, 1.807) is 0 Å². The van der Waals surface area contributed by atoms with Gasteiger partial charge >= 0.3 is 7.32 Å². The standard InChI is InChI=1S/C34H35BBrNO3/c1-22-11-12-25(20-26(22)19-23(2)38-35-39-33(3,4)34(5,6)40-35)24-13-16-28(17-14-24)37-31-10-8-7-9-29(31)30-21-27(36)15-18-32(30)37/h7-18,20-21,23H,19H2,1-6H3. The fourth-order valence-electron chi connectivity index (χ4n) is 5.49. The molecule has 1 saturated heterocycles. The van der Waals surface area contributed by atoms with Crippen LogP contribution in [0.5, 0.6) is 0 Å². The largest absolute Gasteiger partial charge is 0.640 e. The van der Waals surface area contributed by atoms with Crippen molar-refractivity contribution in [2.24, 2.45) is 0 Å². The number of aromatic nitrogens is 1. The van der Waals surface area contributed by atoms with Crippen molar-refractivity contribution in [1.29, 1.82) is 0 Å². The molecule has 2 heterocycles. The summed E-state index contributed by atoms with van der Waals surface area (Å²) in [5.74, 6) is 0. The van der Waals surface area contributed by atoms with Gasteiger partial charge in [0.15, 0.2) is 0 Å². The van der Waals surface area contributed by atoms with E-state index < -0.39 is 18.5 Å². The van der Waals surface area contributed by atoms with Crippen LogP contribution in [0, 0.1) is 6.92 Å². The van der Waals surface area contributed by atoms with Gasteiger partial charge in [-0.2, -0.15) is 0 Å². The molecular formula is C34H35BBrNO3. The van der Waals surface area contributed by atoms with E-state index >= 15 is 0 Å². The molecule has 5 aromatic rings. The molecule has 0 bridgehead atoms. The summed E-state index contributed by atoms with van der Waals surface area (Å²) in [6.07, 6.45) is 0.722. The van der Waals surface area contributed by atoms with Gasteiger partial charge in [-0.25, -0.2) is 0 Å². The summed E-state index contributed by atoms with van der Waals surface area (Å²) in [5.41, 5.74) is 7.64. The van der Waals surface area contributed by atoms with Crippen molar-refractivity contribution in [3.8, 4) is 16.8 Å². The molecule has 0 N–H and O–H groups in total. The predicted molar refractivity (Wildman–Crippen MR) is 169 cm³/mol. The fourth-order valence-corrected chi connectivity index (χ4v) is 5.85. The average molecular weight is 596 g/mol. The molecule has 0 aliphatic carbocycles. The number of hydrogen-bond acceptors (Lipinski definition) is 3. The van der Waals surface area contributed by atoms with Crippen molar-refractivity contribution >= 4 is 45.1 Å². The molecule has 6 heteroatoms. The lowest BCUT2D eigenvalue weighted by Gasteiger charge is -2.31. The molecule has 1 aromatic heterocycles. The van der Waals surface area contributed by atoms with E-state index in [-0.39, 0.29) is 6.10 Å². The molecule has 1 atom stereocenters. The van der Waals surface area contributed by atoms with Crippen LogP contribution < -0.4 is 0 Å². The Kier molecular flexibility index (Phi) is 6.95. The highest BCUT2D eigenvalue weighted by atomic mass is 79.9. The number of halogens is 1. The van der Waals surface area contributed by atoms with Gasteiger partial charge in [-0.05, 0) is 107 Å². The van der Waals surface area contributed by atoms with E-state index in [0.717, 1.165) is 16.6 Å². The minimum Gasteiger partial charge on any atom is -0.383 e. The van der Waals surface area contributed by atoms with Crippen LogP contribution in [-0.2, 0) is 20.4 Å². The van der Waals surface area contributed by atoms with E-state index in [1.165, 1.54) is 44.1 Å². The monoisotopic (exact) mass is 595 g/mol. The van der Waals surface area contributed by atoms with Gasteiger partial charge in [0.25, 0.3) is 0 Å². The maximum Gasteiger partial charge on any atom is 0.640 e. The van der Waals surface area contributed by atoms with Gasteiger partial charge in [-0.15, -0.1) is 0 Å². The van der Waals surface area contributed by atoms with Gasteiger partial charge in [0.2, 0.25) is 0 Å². The molecule has 0 amide bonds. The van der Waals surface area contributed by atoms with Crippen LogP contribution in [0.25, 0.3) is 38.6 Å². The zero-order chi connectivity index (χ0) is 28.2. The molecule has 204 valence electrons. The minimum absolute atomic E-state index is 0.0543. The van der Waals surface area contributed by atoms with Crippen LogP contribution in [0.1, 0.15) is 45.7 Å². The summed E-state index contributed by atoms with van der Waals surface area (Å²) in [7, 11) is -0.655. The van der Waals surface area contributed by atoms with Crippen LogP contribution in [0.15, 0.2) is 89.4 Å². The quantitative estimate of drug-likeness (QED) is 0.184. The zero-order valence-electron chi connectivity index (χ0n) is 24.0. The lowest BCUT2D eigenvalue weighted by atomic mass is 9.90. The first kappa shape index (κ1) is 27.3. The van der Waals surface area contributed by atoms with Crippen LogP contribution in [-0.4, -0.2) is 29.2 Å². The Bertz CT molecular complexity index is 1690. The molecule has 4 aromatic carbocycles. The summed E-state index contributed by atoms with van der Waals surface area (Å²) < 4.78 is 21.7. The molecule has 0 spiro atoms. The van der Waals surface area contributed by atoms with Crippen molar-refractivity contribution in [2.45, 2.75) is 65.3 Å². The lowest BCUT2D eigenvalue weighted by molar-refractivity contribution is 0.00578. The maximum absolute atomic E-state index is 6.17. The third-order valence-electron chi connectivity index (χ3n) is 8.53. The Balaban J connectivity index is 1.25. The second kappa shape index (κ2) is 10.2. The number of aryl methyl sites for hydroxylation is 1. The van der Waals surface area contributed by atoms with Crippen LogP contribution in [0.3, 0.4) is 0 Å². The second-order valence-corrected chi connectivity index (χ2v) is 12.8. The number of benzene rings is 4. The van der Waals surface area contributed by atoms with E-state index in [4.69, 9.17) is 14.0 Å². The highest BCUT2D eigenvalue weighted by molar-refractivity contribution is 9.10. The van der Waals surface area contributed by atoms with Crippen LogP contribution in [0.4, 0.5) is 0 Å². The van der Waals surface area contributed by atoms with Gasteiger partial charge in [0.05, 0.1) is 22.2 Å². The highest BCUT2D eigenvalue weighted by Gasteiger charge is 2.53. The van der Waals surface area contributed by atoms with E-state index in [9.17, 15) is 0 Å². The summed E-state index contributed by atoms with van der Waals surface area (Å²) >= 11 is 3.65. The van der Waals surface area contributed by atoms with E-state index in [2.05, 4.69) is 119 Å². The second-order valence-electron chi connectivity index (χ2n) is 11.9. The molecular weight excluding hydrogens is 561 g/mol. The molecule has 1 aliphatic heterocycles. The summed E-state index contributed by atoms with van der Waals surface area (Å²) in [5, 5.41) is 2.50. The Morgan fingerprint density at radius 3 is 2.17 bits per heavy atom. The molecule has 1 fully saturated rings. The normalized spacial score (nSPS) is 17.1. The Morgan fingerprint density at radius 1 is 0.800 bits per heavy atom. The first-order valence-electron chi connectivity index (χ1n) is 13.9. The topological polar surface area (TPSA) is 32.6 Å². The lowest BCUT2D eigenvalue weighted by Crippen LogP contribution is -2.41. The molecule has 1 aliphatic rings. The molecule has 0 saturated carbocycles. The summed E-state index contributed by atoms with van der Waals surface area (Å²) in [6, 6.07) is 30.6. The third kappa shape index (κ3) is 4.92. The Morgan fingerprint density at radius 2 is 1.45 bits per heavy atom. The van der Waals surface area contributed by atoms with E-state index in [0.29, 0.717) is 0 Å². The zero-order valence-corrected chi connectivity index (χ0v) is 25.6. The van der Waals surface area contributed by atoms with Crippen molar-refractivity contribution in [3.05, 3.63) is 101 Å². The summed E-state index contributed by atoms with van der Waals surface area (Å²) in [6.45, 7) is 12.4. The number of para-hydroxylation sites is 1. The van der Waals surface area contributed by atoms with Crippen molar-refractivity contribution in [2.75, 3.05) is 0 Å². The maximum atomic E-state index is 6.17. The van der Waals surface area contributed by atoms with Gasteiger partial charge < -0.3 is 18.5 Å². The predicted octanol–water partition coefficient (Wildman–Crippen LogP) is 9.06. The number of fused-ring (bicyclic) bond motifs is 3. The number of hydrogen-bond donors (Lipinski definition) is 0. The van der Waals surface area contributed by atoms with Crippen molar-refractivity contribution < 1.29 is 14.0 Å². The fraction of sp³-hybridized carbons (Fsp3) is 0.294. The van der Waals surface area contributed by atoms with Gasteiger partial charge in [0, 0.05) is 27.0 Å². The molecule has 0 radical (unpaired) electrons. The minimum atomic E-state index is -0.655. The van der Waals surface area contributed by atoms with Gasteiger partial charge in [-0.3, -0.25) is 0 Å². The average Bonchev–Trinajstić information content (AvgIpc) is 3.33. The first-order chi connectivity index (χ1) is 19.0. The van der Waals surface area contributed by atoms with Crippen molar-refractivity contribution in [1.82, 2.24) is 4.57 Å². The molecule has 6 rings (SSSR count). The smallest absolute Gasteiger partial charge is 0.383 e. The third-order valence-corrected chi connectivity index (χ3v) is 9.02.